The normalized spacial score (nSPS) is 11.1. The van der Waals surface area contributed by atoms with Crippen molar-refractivity contribution < 1.29 is 0 Å². The van der Waals surface area contributed by atoms with Gasteiger partial charge in [0.05, 0.1) is 0 Å². The van der Waals surface area contributed by atoms with E-state index in [0.717, 1.165) is 17.2 Å². The monoisotopic (exact) mass is 547 g/mol. The summed E-state index contributed by atoms with van der Waals surface area (Å²) in [5, 5.41) is 3.11. The van der Waals surface area contributed by atoms with E-state index >= 15 is 0 Å². The predicted molar refractivity (Wildman–Crippen MR) is 171 cm³/mol. The Labute approximate surface area is 236 Å². The minimum absolute atomic E-state index is 0.626. The van der Waals surface area contributed by atoms with E-state index in [1.165, 1.54) is 161 Å². The Morgan fingerprint density at radius 3 is 0.853 bits per heavy atom. The Morgan fingerprint density at radius 1 is 0.382 bits per heavy atom. The molecule has 0 rings (SSSR count). The summed E-state index contributed by atoms with van der Waals surface area (Å²) in [4.78, 5) is 0. The van der Waals surface area contributed by atoms with Crippen molar-refractivity contribution in [2.45, 2.75) is 167 Å². The molecule has 0 unspecified atom stereocenters. The van der Waals surface area contributed by atoms with Crippen LogP contribution in [0.5, 0.6) is 0 Å². The first-order chi connectivity index (χ1) is 16.6. The highest BCUT2D eigenvalue weighted by Crippen LogP contribution is 2.16. The average Bonchev–Trinajstić information content (AvgIpc) is 2.80. The van der Waals surface area contributed by atoms with Crippen molar-refractivity contribution in [3.8, 4) is 0 Å². The van der Waals surface area contributed by atoms with Gasteiger partial charge in [-0.3, -0.25) is 0 Å². The fraction of sp³-hybridized carbons (Fsp3) is 0.931. The zero-order valence-corrected chi connectivity index (χ0v) is 25.7. The molecule has 5 heteroatoms. The average molecular weight is 548 g/mol. The van der Waals surface area contributed by atoms with Crippen molar-refractivity contribution in [2.24, 2.45) is 0 Å². The summed E-state index contributed by atoms with van der Waals surface area (Å²) >= 11 is 18.2. The number of thiol groups is 2. The lowest BCUT2D eigenvalue weighted by Gasteiger charge is -2.05. The number of unbranched alkanes of at least 4 members (excludes halogenated alkanes) is 24. The highest BCUT2D eigenvalue weighted by atomic mass is 32.1. The maximum atomic E-state index is 5.00. The third kappa shape index (κ3) is 32.7. The standard InChI is InChI=1S/C29H57NS4/c31-28(32)26-24-22-20-18-16-14-12-10-8-6-4-2-1-3-5-7-9-11-13-15-17-19-21-23-25-27-30-29(33)34/h1-27H2,(H,31,32)(H2,30,33,34). The SMILES string of the molecule is S=C(S)CCCCCCCCCCCCCCCCCCCCCCCCCCCNC(=S)S. The summed E-state index contributed by atoms with van der Waals surface area (Å²) < 4.78 is 1.50. The van der Waals surface area contributed by atoms with Crippen LogP contribution in [-0.2, 0) is 0 Å². The van der Waals surface area contributed by atoms with E-state index in [1.807, 2.05) is 0 Å². The molecule has 1 nitrogen and oxygen atoms in total. The number of hydrogen-bond donors (Lipinski definition) is 3. The lowest BCUT2D eigenvalue weighted by Crippen LogP contribution is -2.17. The van der Waals surface area contributed by atoms with Gasteiger partial charge in [0.2, 0.25) is 0 Å². The number of thiocarbonyl (C=S) groups is 2. The van der Waals surface area contributed by atoms with Crippen LogP contribution in [0.3, 0.4) is 0 Å². The van der Waals surface area contributed by atoms with Gasteiger partial charge in [-0.25, -0.2) is 0 Å². The molecule has 0 aromatic heterocycles. The van der Waals surface area contributed by atoms with Gasteiger partial charge in [0, 0.05) is 10.7 Å². The largest absolute Gasteiger partial charge is 0.371 e. The number of hydrogen-bond acceptors (Lipinski definition) is 2. The molecule has 0 aliphatic heterocycles. The van der Waals surface area contributed by atoms with Crippen molar-refractivity contribution in [1.82, 2.24) is 5.32 Å². The maximum absolute atomic E-state index is 5.00. The summed E-state index contributed by atoms with van der Waals surface area (Å²) in [6.45, 7) is 0.984. The molecule has 0 heterocycles. The van der Waals surface area contributed by atoms with Crippen LogP contribution >= 0.6 is 49.7 Å². The van der Waals surface area contributed by atoms with Crippen molar-refractivity contribution in [3.63, 3.8) is 0 Å². The van der Waals surface area contributed by atoms with Gasteiger partial charge < -0.3 is 5.32 Å². The van der Waals surface area contributed by atoms with Gasteiger partial charge >= 0.3 is 0 Å². The van der Waals surface area contributed by atoms with Crippen molar-refractivity contribution >= 4 is 58.2 Å². The second-order valence-electron chi connectivity index (χ2n) is 10.2. The molecule has 0 aliphatic rings. The van der Waals surface area contributed by atoms with E-state index in [4.69, 9.17) is 24.4 Å². The molecule has 202 valence electrons. The molecule has 0 spiro atoms. The minimum atomic E-state index is 0.626. The lowest BCUT2D eigenvalue weighted by atomic mass is 10.0. The fourth-order valence-electron chi connectivity index (χ4n) is 4.66. The van der Waals surface area contributed by atoms with E-state index < -0.39 is 0 Å². The molecule has 0 amide bonds. The van der Waals surface area contributed by atoms with Gasteiger partial charge in [-0.05, 0) is 19.3 Å². The fourth-order valence-corrected chi connectivity index (χ4v) is 5.18. The van der Waals surface area contributed by atoms with Gasteiger partial charge in [-0.1, -0.05) is 172 Å². The van der Waals surface area contributed by atoms with E-state index in [1.54, 1.807) is 0 Å². The highest BCUT2D eigenvalue weighted by Gasteiger charge is 1.97. The molecule has 0 saturated heterocycles. The van der Waals surface area contributed by atoms with Crippen LogP contribution in [-0.4, -0.2) is 15.1 Å². The molecule has 0 aromatic rings. The molecule has 0 aromatic carbocycles. The molecule has 1 N–H and O–H groups in total. The first kappa shape index (κ1) is 34.7. The van der Waals surface area contributed by atoms with Crippen LogP contribution in [0, 0.1) is 0 Å². The van der Waals surface area contributed by atoms with Gasteiger partial charge in [0.1, 0.15) is 4.32 Å². The predicted octanol–water partition coefficient (Wildman–Crippen LogP) is 11.2. The van der Waals surface area contributed by atoms with Crippen molar-refractivity contribution in [1.29, 1.82) is 0 Å². The molecule has 0 saturated carbocycles. The number of nitrogens with one attached hydrogen (secondary N) is 1. The molecular weight excluding hydrogens is 491 g/mol. The Bertz CT molecular complexity index is 402. The van der Waals surface area contributed by atoms with Crippen LogP contribution in [0.4, 0.5) is 0 Å². The van der Waals surface area contributed by atoms with Gasteiger partial charge in [0.15, 0.2) is 0 Å². The van der Waals surface area contributed by atoms with Crippen molar-refractivity contribution in [3.05, 3.63) is 0 Å². The Hall–Kier alpha value is 0.680. The Balaban J connectivity index is 3.03. The minimum Gasteiger partial charge on any atom is -0.371 e. The summed E-state index contributed by atoms with van der Waals surface area (Å²) in [5.41, 5.74) is 0. The second kappa shape index (κ2) is 29.9. The third-order valence-electron chi connectivity index (χ3n) is 6.84. The van der Waals surface area contributed by atoms with Crippen molar-refractivity contribution in [2.75, 3.05) is 6.54 Å². The van der Waals surface area contributed by atoms with Gasteiger partial charge in [-0.15, -0.1) is 25.3 Å². The highest BCUT2D eigenvalue weighted by molar-refractivity contribution is 8.11. The van der Waals surface area contributed by atoms with E-state index in [0.29, 0.717) is 4.32 Å². The van der Waals surface area contributed by atoms with Crippen LogP contribution < -0.4 is 5.32 Å². The first-order valence-corrected chi connectivity index (χ1v) is 16.5. The summed E-state index contributed by atoms with van der Waals surface area (Å²) in [5.74, 6) is 0. The molecular formula is C29H57NS4. The van der Waals surface area contributed by atoms with Crippen LogP contribution in [0.2, 0.25) is 0 Å². The zero-order chi connectivity index (χ0) is 25.0. The summed E-state index contributed by atoms with van der Waals surface area (Å²) in [6.07, 6.45) is 36.4. The maximum Gasteiger partial charge on any atom is 0.130 e. The van der Waals surface area contributed by atoms with Crippen LogP contribution in [0.1, 0.15) is 167 Å². The van der Waals surface area contributed by atoms with Gasteiger partial charge in [0.25, 0.3) is 0 Å². The molecule has 34 heavy (non-hydrogen) atoms. The van der Waals surface area contributed by atoms with Crippen LogP contribution in [0.25, 0.3) is 0 Å². The summed E-state index contributed by atoms with van der Waals surface area (Å²) in [7, 11) is 0. The molecule has 0 atom stereocenters. The quantitative estimate of drug-likeness (QED) is 0.0512. The molecule has 0 bridgehead atoms. The summed E-state index contributed by atoms with van der Waals surface area (Å²) in [6, 6.07) is 0. The first-order valence-electron chi connectivity index (χ1n) is 14.8. The molecule has 0 fully saturated rings. The van der Waals surface area contributed by atoms with E-state index in [9.17, 15) is 0 Å². The van der Waals surface area contributed by atoms with Gasteiger partial charge in [-0.2, -0.15) is 0 Å². The zero-order valence-electron chi connectivity index (χ0n) is 22.3. The topological polar surface area (TPSA) is 12.0 Å². The van der Waals surface area contributed by atoms with Crippen LogP contribution in [0.15, 0.2) is 0 Å². The smallest absolute Gasteiger partial charge is 0.130 e. The van der Waals surface area contributed by atoms with E-state index in [-0.39, 0.29) is 0 Å². The Morgan fingerprint density at radius 2 is 0.618 bits per heavy atom. The Kier molecular flexibility index (Phi) is 30.5. The second-order valence-corrected chi connectivity index (χ2v) is 12.7. The number of rotatable bonds is 28. The molecule has 0 radical (unpaired) electrons. The lowest BCUT2D eigenvalue weighted by molar-refractivity contribution is 0.516. The third-order valence-corrected chi connectivity index (χ3v) is 7.57. The molecule has 0 aliphatic carbocycles. The van der Waals surface area contributed by atoms with E-state index in [2.05, 4.69) is 30.6 Å².